The number of benzene rings is 1. The van der Waals surface area contributed by atoms with E-state index in [1.165, 1.54) is 23.5 Å². The Morgan fingerprint density at radius 2 is 1.96 bits per heavy atom. The van der Waals surface area contributed by atoms with E-state index in [0.717, 1.165) is 0 Å². The molecule has 0 spiro atoms. The molecule has 2 rings (SSSR count). The minimum Gasteiger partial charge on any atom is -0.494 e. The number of hydrogen-bond acceptors (Lipinski definition) is 4. The Labute approximate surface area is 136 Å². The van der Waals surface area contributed by atoms with Crippen LogP contribution < -0.4 is 9.46 Å². The lowest BCUT2D eigenvalue weighted by Gasteiger charge is -2.31. The monoisotopic (exact) mass is 346 g/mol. The van der Waals surface area contributed by atoms with E-state index in [-0.39, 0.29) is 11.9 Å². The number of nitrogens with one attached hydrogen (secondary N) is 1. The van der Waals surface area contributed by atoms with Crippen molar-refractivity contribution in [2.75, 3.05) is 27.3 Å². The van der Waals surface area contributed by atoms with Crippen LogP contribution in [0, 0.1) is 5.82 Å². The van der Waals surface area contributed by atoms with Gasteiger partial charge in [-0.2, -0.15) is 17.4 Å². The predicted octanol–water partition coefficient (Wildman–Crippen LogP) is 1.84. The fraction of sp³-hybridized carbons (Fsp3) is 0.600. The fourth-order valence-electron chi connectivity index (χ4n) is 2.63. The zero-order chi connectivity index (χ0) is 17.0. The van der Waals surface area contributed by atoms with Gasteiger partial charge in [0.05, 0.1) is 13.2 Å². The second-order valence-electron chi connectivity index (χ2n) is 5.57. The number of piperidine rings is 1. The molecule has 1 fully saturated rings. The van der Waals surface area contributed by atoms with Crippen LogP contribution in [-0.4, -0.2) is 46.1 Å². The van der Waals surface area contributed by atoms with Gasteiger partial charge in [-0.25, -0.2) is 4.39 Å². The summed E-state index contributed by atoms with van der Waals surface area (Å²) in [6.07, 6.45) is 1.45. The zero-order valence-corrected chi connectivity index (χ0v) is 14.4. The summed E-state index contributed by atoms with van der Waals surface area (Å²) in [7, 11) is -0.602. The first-order chi connectivity index (χ1) is 10.9. The highest BCUT2D eigenvalue weighted by molar-refractivity contribution is 7.87. The minimum absolute atomic E-state index is 0.106. The highest BCUT2D eigenvalue weighted by atomic mass is 32.2. The van der Waals surface area contributed by atoms with Crippen molar-refractivity contribution in [1.29, 1.82) is 0 Å². The maximum absolute atomic E-state index is 13.8. The van der Waals surface area contributed by atoms with Gasteiger partial charge >= 0.3 is 0 Å². The molecule has 8 heteroatoms. The first-order valence-corrected chi connectivity index (χ1v) is 8.95. The first-order valence-electron chi connectivity index (χ1n) is 7.51. The molecule has 0 radical (unpaired) electrons. The molecule has 0 aromatic heterocycles. The van der Waals surface area contributed by atoms with Crippen molar-refractivity contribution < 1.29 is 22.3 Å². The third-order valence-electron chi connectivity index (χ3n) is 4.08. The van der Waals surface area contributed by atoms with E-state index in [1.807, 2.05) is 0 Å². The maximum atomic E-state index is 13.8. The standard InChI is InChI=1S/C15H23FN2O4S/c1-11(12-4-5-15(22-3)14(16)10-12)17-23(19,20)18-8-6-13(21-2)7-9-18/h4-5,10-11,13,17H,6-9H2,1-3H3/t11-/m0/s1. The molecule has 1 N–H and O–H groups in total. The molecule has 0 unspecified atom stereocenters. The molecule has 1 atom stereocenters. The number of methoxy groups -OCH3 is 2. The van der Waals surface area contributed by atoms with Gasteiger partial charge in [0.1, 0.15) is 0 Å². The summed E-state index contributed by atoms with van der Waals surface area (Å²) in [6.45, 7) is 2.51. The topological polar surface area (TPSA) is 67.9 Å². The molecular weight excluding hydrogens is 323 g/mol. The van der Waals surface area contributed by atoms with Crippen molar-refractivity contribution in [1.82, 2.24) is 9.03 Å². The molecule has 1 saturated heterocycles. The molecule has 130 valence electrons. The molecule has 23 heavy (non-hydrogen) atoms. The fourth-order valence-corrected chi connectivity index (χ4v) is 4.05. The highest BCUT2D eigenvalue weighted by Gasteiger charge is 2.29. The van der Waals surface area contributed by atoms with E-state index in [1.54, 1.807) is 20.1 Å². The van der Waals surface area contributed by atoms with Crippen LogP contribution in [0.3, 0.4) is 0 Å². The molecule has 1 aliphatic heterocycles. The van der Waals surface area contributed by atoms with E-state index in [0.29, 0.717) is 31.5 Å². The summed E-state index contributed by atoms with van der Waals surface area (Å²) in [5, 5.41) is 0. The van der Waals surface area contributed by atoms with Crippen molar-refractivity contribution in [2.45, 2.75) is 31.9 Å². The summed E-state index contributed by atoms with van der Waals surface area (Å²) in [5.74, 6) is -0.387. The second-order valence-corrected chi connectivity index (χ2v) is 7.27. The smallest absolute Gasteiger partial charge is 0.279 e. The van der Waals surface area contributed by atoms with Crippen LogP contribution in [0.2, 0.25) is 0 Å². The Morgan fingerprint density at radius 3 is 2.48 bits per heavy atom. The third-order valence-corrected chi connectivity index (χ3v) is 5.77. The van der Waals surface area contributed by atoms with Crippen LogP contribution >= 0.6 is 0 Å². The van der Waals surface area contributed by atoms with Crippen LogP contribution in [0.4, 0.5) is 4.39 Å². The Bertz CT molecular complexity index is 630. The summed E-state index contributed by atoms with van der Waals surface area (Å²) in [4.78, 5) is 0. The number of hydrogen-bond donors (Lipinski definition) is 1. The van der Waals surface area contributed by atoms with E-state index in [9.17, 15) is 12.8 Å². The van der Waals surface area contributed by atoms with E-state index in [2.05, 4.69) is 4.72 Å². The molecule has 1 aromatic rings. The summed E-state index contributed by atoms with van der Waals surface area (Å²) < 4.78 is 52.7. The molecule has 1 aliphatic rings. The summed E-state index contributed by atoms with van der Waals surface area (Å²) in [5.41, 5.74) is 0.540. The van der Waals surface area contributed by atoms with Crippen molar-refractivity contribution in [2.24, 2.45) is 0 Å². The Morgan fingerprint density at radius 1 is 1.30 bits per heavy atom. The van der Waals surface area contributed by atoms with E-state index < -0.39 is 22.1 Å². The maximum Gasteiger partial charge on any atom is 0.279 e. The van der Waals surface area contributed by atoms with Crippen LogP contribution in [0.1, 0.15) is 31.4 Å². The highest BCUT2D eigenvalue weighted by Crippen LogP contribution is 2.23. The van der Waals surface area contributed by atoms with Crippen LogP contribution in [0.5, 0.6) is 5.75 Å². The Balaban J connectivity index is 2.04. The second kappa shape index (κ2) is 7.57. The van der Waals surface area contributed by atoms with Gasteiger partial charge in [0.2, 0.25) is 0 Å². The lowest BCUT2D eigenvalue weighted by atomic mass is 10.1. The molecule has 6 nitrogen and oxygen atoms in total. The lowest BCUT2D eigenvalue weighted by molar-refractivity contribution is 0.0601. The molecular formula is C15H23FN2O4S. The quantitative estimate of drug-likeness (QED) is 0.853. The normalized spacial score (nSPS) is 18.8. The zero-order valence-electron chi connectivity index (χ0n) is 13.6. The number of rotatable bonds is 6. The van der Waals surface area contributed by atoms with Gasteiger partial charge < -0.3 is 9.47 Å². The van der Waals surface area contributed by atoms with Gasteiger partial charge in [-0.3, -0.25) is 0 Å². The number of nitrogens with zero attached hydrogens (tertiary/aromatic N) is 1. The molecule has 1 aromatic carbocycles. The average molecular weight is 346 g/mol. The van der Waals surface area contributed by atoms with Crippen LogP contribution in [0.15, 0.2) is 18.2 Å². The van der Waals surface area contributed by atoms with Crippen molar-refractivity contribution >= 4 is 10.2 Å². The van der Waals surface area contributed by atoms with Gasteiger partial charge in [0.15, 0.2) is 11.6 Å². The van der Waals surface area contributed by atoms with E-state index >= 15 is 0 Å². The van der Waals surface area contributed by atoms with Crippen LogP contribution in [0.25, 0.3) is 0 Å². The third kappa shape index (κ3) is 4.41. The van der Waals surface area contributed by atoms with E-state index in [4.69, 9.17) is 9.47 Å². The van der Waals surface area contributed by atoms with Crippen molar-refractivity contribution in [3.8, 4) is 5.75 Å². The number of ether oxygens (including phenoxy) is 2. The van der Waals surface area contributed by atoms with Crippen molar-refractivity contribution in [3.05, 3.63) is 29.6 Å². The molecule has 0 aliphatic carbocycles. The molecule has 1 heterocycles. The first kappa shape index (κ1) is 18.1. The number of halogens is 1. The van der Waals surface area contributed by atoms with Gasteiger partial charge in [-0.05, 0) is 37.5 Å². The molecule has 0 amide bonds. The van der Waals surface area contributed by atoms with Gasteiger partial charge in [-0.15, -0.1) is 0 Å². The predicted molar refractivity (Wildman–Crippen MR) is 85.0 cm³/mol. The minimum atomic E-state index is -3.62. The summed E-state index contributed by atoms with van der Waals surface area (Å²) >= 11 is 0. The van der Waals surface area contributed by atoms with Crippen LogP contribution in [-0.2, 0) is 14.9 Å². The van der Waals surface area contributed by atoms with Gasteiger partial charge in [0, 0.05) is 26.2 Å². The Kier molecular flexibility index (Phi) is 5.96. The molecule has 0 bridgehead atoms. The van der Waals surface area contributed by atoms with Gasteiger partial charge in [-0.1, -0.05) is 6.07 Å². The Hall–Kier alpha value is -1.22. The molecule has 0 saturated carbocycles. The lowest BCUT2D eigenvalue weighted by Crippen LogP contribution is -2.46. The average Bonchev–Trinajstić information content (AvgIpc) is 2.54. The summed E-state index contributed by atoms with van der Waals surface area (Å²) in [6, 6.07) is 3.87. The SMILES string of the molecule is COc1ccc([C@H](C)NS(=O)(=O)N2CCC(OC)CC2)cc1F. The van der Waals surface area contributed by atoms with Crippen molar-refractivity contribution in [3.63, 3.8) is 0 Å². The van der Waals surface area contributed by atoms with Gasteiger partial charge in [0.25, 0.3) is 10.2 Å². The largest absolute Gasteiger partial charge is 0.494 e.